The Morgan fingerprint density at radius 3 is 2.37 bits per heavy atom. The van der Waals surface area contributed by atoms with Crippen molar-refractivity contribution in [1.29, 1.82) is 0 Å². The van der Waals surface area contributed by atoms with E-state index < -0.39 is 10.0 Å². The number of hydrogen-bond acceptors (Lipinski definition) is 3. The summed E-state index contributed by atoms with van der Waals surface area (Å²) in [5.74, 6) is -0.0871. The van der Waals surface area contributed by atoms with Gasteiger partial charge >= 0.3 is 0 Å². The van der Waals surface area contributed by atoms with E-state index in [-0.39, 0.29) is 12.5 Å². The van der Waals surface area contributed by atoms with Gasteiger partial charge in [0.25, 0.3) is 5.91 Å². The number of carbonyl (C=O) groups is 1. The van der Waals surface area contributed by atoms with Gasteiger partial charge in [0.05, 0.1) is 0 Å². The molecule has 1 aliphatic carbocycles. The van der Waals surface area contributed by atoms with Crippen molar-refractivity contribution in [2.75, 3.05) is 7.05 Å². The topological polar surface area (TPSA) is 66.5 Å². The van der Waals surface area contributed by atoms with Crippen LogP contribution >= 0.6 is 11.6 Å². The molecule has 1 N–H and O–H groups in total. The summed E-state index contributed by atoms with van der Waals surface area (Å²) in [6.07, 6.45) is 3.61. The van der Waals surface area contributed by atoms with E-state index in [0.29, 0.717) is 16.6 Å². The molecule has 1 amide bonds. The molecule has 2 aromatic rings. The van der Waals surface area contributed by atoms with Crippen LogP contribution in [0.4, 0.5) is 0 Å². The molecular formula is C20H21ClN2O3S. The lowest BCUT2D eigenvalue weighted by molar-refractivity contribution is 0.0951. The van der Waals surface area contributed by atoms with Crippen LogP contribution in [0, 0.1) is 0 Å². The second kappa shape index (κ2) is 8.25. The maximum Gasteiger partial charge on any atom is 0.251 e. The van der Waals surface area contributed by atoms with Crippen LogP contribution in [0.15, 0.2) is 53.9 Å². The summed E-state index contributed by atoms with van der Waals surface area (Å²) in [6, 6.07) is 14.2. The van der Waals surface area contributed by atoms with Gasteiger partial charge in [-0.15, -0.1) is 0 Å². The zero-order valence-electron chi connectivity index (χ0n) is 14.9. The molecule has 1 fully saturated rings. The molecule has 0 heterocycles. The molecule has 27 heavy (non-hydrogen) atoms. The molecule has 0 atom stereocenters. The second-order valence-electron chi connectivity index (χ2n) is 6.60. The maximum absolute atomic E-state index is 12.4. The number of carbonyl (C=O) groups excluding carboxylic acids is 1. The van der Waals surface area contributed by atoms with E-state index in [1.807, 2.05) is 0 Å². The van der Waals surface area contributed by atoms with Crippen molar-refractivity contribution in [3.63, 3.8) is 0 Å². The first-order chi connectivity index (χ1) is 12.8. The van der Waals surface area contributed by atoms with Gasteiger partial charge in [0.15, 0.2) is 0 Å². The highest BCUT2D eigenvalue weighted by atomic mass is 35.5. The third kappa shape index (κ3) is 5.66. The summed E-state index contributed by atoms with van der Waals surface area (Å²) in [5, 5.41) is 4.70. The number of nitrogens with zero attached hydrogens (tertiary/aromatic N) is 1. The van der Waals surface area contributed by atoms with Gasteiger partial charge in [-0.2, -0.15) is 4.31 Å². The Bertz CT molecular complexity index is 934. The van der Waals surface area contributed by atoms with E-state index in [2.05, 4.69) is 5.32 Å². The fourth-order valence-electron chi connectivity index (χ4n) is 2.45. The Morgan fingerprint density at radius 1 is 1.15 bits per heavy atom. The number of sulfonamides is 1. The molecule has 0 spiro atoms. The molecule has 0 aliphatic heterocycles. The van der Waals surface area contributed by atoms with Crippen molar-refractivity contribution in [3.8, 4) is 0 Å². The summed E-state index contributed by atoms with van der Waals surface area (Å²) in [7, 11) is -2.04. The predicted molar refractivity (Wildman–Crippen MR) is 108 cm³/mol. The summed E-state index contributed by atoms with van der Waals surface area (Å²) in [5.41, 5.74) is 2.14. The first-order valence-corrected chi connectivity index (χ1v) is 10.5. The smallest absolute Gasteiger partial charge is 0.251 e. The Labute approximate surface area is 164 Å². The van der Waals surface area contributed by atoms with E-state index in [9.17, 15) is 13.2 Å². The van der Waals surface area contributed by atoms with Crippen LogP contribution in [0.5, 0.6) is 0 Å². The van der Waals surface area contributed by atoms with Gasteiger partial charge in [-0.25, -0.2) is 8.42 Å². The number of benzene rings is 2. The van der Waals surface area contributed by atoms with E-state index in [4.69, 9.17) is 11.6 Å². The van der Waals surface area contributed by atoms with Crippen molar-refractivity contribution in [3.05, 3.63) is 75.7 Å². The highest BCUT2D eigenvalue weighted by Gasteiger charge is 2.23. The number of amides is 1. The second-order valence-corrected chi connectivity index (χ2v) is 8.96. The molecule has 0 unspecified atom stereocenters. The number of halogens is 1. The Hall–Kier alpha value is -2.15. The minimum Gasteiger partial charge on any atom is -0.349 e. The minimum absolute atomic E-state index is 0.0871. The van der Waals surface area contributed by atoms with Crippen LogP contribution in [-0.2, 0) is 16.6 Å². The average molecular weight is 405 g/mol. The molecule has 1 saturated carbocycles. The third-order valence-electron chi connectivity index (χ3n) is 4.27. The largest absolute Gasteiger partial charge is 0.349 e. The number of hydrogen-bond donors (Lipinski definition) is 1. The van der Waals surface area contributed by atoms with Gasteiger partial charge in [-0.3, -0.25) is 4.79 Å². The molecule has 7 heteroatoms. The Morgan fingerprint density at radius 2 is 1.78 bits per heavy atom. The van der Waals surface area contributed by atoms with Crippen LogP contribution in [0.3, 0.4) is 0 Å². The monoisotopic (exact) mass is 404 g/mol. The zero-order chi connectivity index (χ0) is 19.4. The van der Waals surface area contributed by atoms with E-state index in [1.165, 1.54) is 22.8 Å². The van der Waals surface area contributed by atoms with E-state index in [1.54, 1.807) is 48.5 Å². The van der Waals surface area contributed by atoms with Crippen molar-refractivity contribution >= 4 is 33.6 Å². The molecule has 0 radical (unpaired) electrons. The Balaban J connectivity index is 1.61. The molecule has 3 rings (SSSR count). The summed E-state index contributed by atoms with van der Waals surface area (Å²) in [4.78, 5) is 12.0. The van der Waals surface area contributed by atoms with Crippen LogP contribution < -0.4 is 5.32 Å². The standard InChI is InChI=1S/C20H21ClN2O3S/c1-23(27(25,26)13-12-15-4-8-18(21)9-5-15)14-16-2-6-17(7-3-16)20(24)22-19-10-11-19/h2-9,12-13,19H,10-11,14H2,1H3,(H,22,24)/b13-12+. The predicted octanol–water partition coefficient (Wildman–Crippen LogP) is 3.66. The van der Waals surface area contributed by atoms with Gasteiger partial charge in [0.2, 0.25) is 10.0 Å². The molecule has 0 saturated heterocycles. The van der Waals surface area contributed by atoms with E-state index in [0.717, 1.165) is 24.0 Å². The minimum atomic E-state index is -3.56. The lowest BCUT2D eigenvalue weighted by Crippen LogP contribution is -2.26. The first-order valence-electron chi connectivity index (χ1n) is 8.63. The van der Waals surface area contributed by atoms with Crippen LogP contribution in [0.1, 0.15) is 34.3 Å². The van der Waals surface area contributed by atoms with Crippen LogP contribution in [0.25, 0.3) is 6.08 Å². The molecule has 1 aliphatic rings. The van der Waals surface area contributed by atoms with Gasteiger partial charge in [-0.05, 0) is 54.3 Å². The maximum atomic E-state index is 12.4. The van der Waals surface area contributed by atoms with Gasteiger partial charge in [-0.1, -0.05) is 35.9 Å². The Kier molecular flexibility index (Phi) is 5.99. The van der Waals surface area contributed by atoms with Crippen molar-refractivity contribution in [2.45, 2.75) is 25.4 Å². The molecule has 142 valence electrons. The summed E-state index contributed by atoms with van der Waals surface area (Å²) < 4.78 is 26.1. The normalized spacial score (nSPS) is 14.6. The zero-order valence-corrected chi connectivity index (χ0v) is 16.5. The van der Waals surface area contributed by atoms with Gasteiger partial charge in [0.1, 0.15) is 0 Å². The highest BCUT2D eigenvalue weighted by Crippen LogP contribution is 2.19. The number of nitrogens with one attached hydrogen (secondary N) is 1. The summed E-state index contributed by atoms with van der Waals surface area (Å²) in [6.45, 7) is 0.220. The van der Waals surface area contributed by atoms with Crippen molar-refractivity contribution in [1.82, 2.24) is 9.62 Å². The third-order valence-corrected chi connectivity index (χ3v) is 6.00. The fraction of sp³-hybridized carbons (Fsp3) is 0.250. The summed E-state index contributed by atoms with van der Waals surface area (Å²) >= 11 is 5.83. The lowest BCUT2D eigenvalue weighted by Gasteiger charge is -2.15. The molecular weight excluding hydrogens is 384 g/mol. The lowest BCUT2D eigenvalue weighted by atomic mass is 10.1. The number of rotatable bonds is 7. The molecule has 5 nitrogen and oxygen atoms in total. The van der Waals surface area contributed by atoms with Crippen LogP contribution in [0.2, 0.25) is 5.02 Å². The highest BCUT2D eigenvalue weighted by molar-refractivity contribution is 7.92. The molecule has 0 aromatic heterocycles. The van der Waals surface area contributed by atoms with Crippen molar-refractivity contribution in [2.24, 2.45) is 0 Å². The molecule has 0 bridgehead atoms. The van der Waals surface area contributed by atoms with E-state index >= 15 is 0 Å². The average Bonchev–Trinajstić information content (AvgIpc) is 3.46. The molecule has 2 aromatic carbocycles. The van der Waals surface area contributed by atoms with Crippen LogP contribution in [-0.4, -0.2) is 31.7 Å². The quantitative estimate of drug-likeness (QED) is 0.765. The van der Waals surface area contributed by atoms with Gasteiger partial charge < -0.3 is 5.32 Å². The SMILES string of the molecule is CN(Cc1ccc(C(=O)NC2CC2)cc1)S(=O)(=O)/C=C/c1ccc(Cl)cc1. The first kappa shape index (κ1) is 19.6. The van der Waals surface area contributed by atoms with Crippen molar-refractivity contribution < 1.29 is 13.2 Å². The fourth-order valence-corrected chi connectivity index (χ4v) is 3.44. The van der Waals surface area contributed by atoms with Gasteiger partial charge in [0, 0.05) is 35.6 Å².